The van der Waals surface area contributed by atoms with E-state index in [0.29, 0.717) is 16.1 Å². The summed E-state index contributed by atoms with van der Waals surface area (Å²) in [6.45, 7) is 5.60. The quantitative estimate of drug-likeness (QED) is 0.417. The van der Waals surface area contributed by atoms with Crippen molar-refractivity contribution >= 4 is 37.5 Å². The summed E-state index contributed by atoms with van der Waals surface area (Å²) in [5.74, 6) is 0.130. The summed E-state index contributed by atoms with van der Waals surface area (Å²) in [5, 5.41) is 0. The van der Waals surface area contributed by atoms with Crippen LogP contribution < -0.4 is 9.04 Å². The Balaban J connectivity index is 1.90. The molecular weight excluding hydrogens is 478 g/mol. The average Bonchev–Trinajstić information content (AvgIpc) is 2.73. The third-order valence-corrected chi connectivity index (χ3v) is 7.13. The molecule has 0 radical (unpaired) electrons. The first-order valence-electron chi connectivity index (χ1n) is 9.82. The molecule has 31 heavy (non-hydrogen) atoms. The molecule has 7 heteroatoms. The number of carbonyl (C=O) groups excluding carboxylic acids is 1. The van der Waals surface area contributed by atoms with Crippen LogP contribution in [0.25, 0.3) is 0 Å². The Morgan fingerprint density at radius 1 is 1.00 bits per heavy atom. The van der Waals surface area contributed by atoms with Gasteiger partial charge in [-0.05, 0) is 70.7 Å². The number of halogens is 1. The lowest BCUT2D eigenvalue weighted by molar-refractivity contribution is -0.119. The van der Waals surface area contributed by atoms with Crippen molar-refractivity contribution in [2.24, 2.45) is 0 Å². The molecule has 0 saturated carbocycles. The number of anilines is 1. The maximum absolute atomic E-state index is 13.3. The molecule has 3 aromatic carbocycles. The van der Waals surface area contributed by atoms with E-state index in [9.17, 15) is 13.2 Å². The molecule has 1 amide bonds. The lowest BCUT2D eigenvalue weighted by Crippen LogP contribution is -2.40. The van der Waals surface area contributed by atoms with Gasteiger partial charge in [-0.25, -0.2) is 8.42 Å². The second-order valence-corrected chi connectivity index (χ2v) is 10.1. The minimum absolute atomic E-state index is 0.0396. The highest BCUT2D eigenvalue weighted by molar-refractivity contribution is 9.10. The number of hydrogen-bond acceptors (Lipinski definition) is 4. The van der Waals surface area contributed by atoms with Gasteiger partial charge in [0.2, 0.25) is 0 Å². The first kappa shape index (κ1) is 23.0. The fourth-order valence-electron chi connectivity index (χ4n) is 2.99. The average molecular weight is 502 g/mol. The van der Waals surface area contributed by atoms with Gasteiger partial charge in [-0.3, -0.25) is 4.79 Å². The Kier molecular flexibility index (Phi) is 7.18. The minimum Gasteiger partial charge on any atom is -0.483 e. The topological polar surface area (TPSA) is 63.7 Å². The summed E-state index contributed by atoms with van der Waals surface area (Å²) in [4.78, 5) is 13.1. The van der Waals surface area contributed by atoms with Crippen molar-refractivity contribution in [3.63, 3.8) is 0 Å². The van der Waals surface area contributed by atoms with Gasteiger partial charge in [0.15, 0.2) is 6.61 Å². The van der Waals surface area contributed by atoms with Gasteiger partial charge in [0.25, 0.3) is 15.9 Å². The molecule has 0 saturated heterocycles. The van der Waals surface area contributed by atoms with Crippen LogP contribution in [-0.2, 0) is 14.8 Å². The molecular formula is C24H24BrNO4S. The van der Waals surface area contributed by atoms with Crippen molar-refractivity contribution in [3.05, 3.63) is 88.4 Å². The number of aryl methyl sites for hydroxylation is 1. The van der Waals surface area contributed by atoms with Crippen LogP contribution in [0.2, 0.25) is 0 Å². The van der Waals surface area contributed by atoms with Crippen LogP contribution in [0.3, 0.4) is 0 Å². The number of benzene rings is 3. The molecule has 5 nitrogen and oxygen atoms in total. The van der Waals surface area contributed by atoms with Gasteiger partial charge in [-0.1, -0.05) is 55.8 Å². The SMILES string of the molecule is Cc1ccc(S(=O)(=O)N(C(=O)COc2ccc(C(C)C)cc2Br)c2ccccc2)cc1. The number of amides is 1. The minimum atomic E-state index is -4.11. The summed E-state index contributed by atoms with van der Waals surface area (Å²) in [6.07, 6.45) is 0. The summed E-state index contributed by atoms with van der Waals surface area (Å²) >= 11 is 3.46. The third kappa shape index (κ3) is 5.35. The lowest BCUT2D eigenvalue weighted by atomic mass is 10.0. The molecule has 0 N–H and O–H groups in total. The van der Waals surface area contributed by atoms with Crippen molar-refractivity contribution in [2.45, 2.75) is 31.6 Å². The molecule has 0 aliphatic rings. The molecule has 3 aromatic rings. The highest BCUT2D eigenvalue weighted by Crippen LogP contribution is 2.30. The predicted molar refractivity (Wildman–Crippen MR) is 126 cm³/mol. The summed E-state index contributed by atoms with van der Waals surface area (Å²) in [7, 11) is -4.11. The number of para-hydroxylation sites is 1. The Labute approximate surface area is 191 Å². The van der Waals surface area contributed by atoms with Crippen LogP contribution in [0.15, 0.2) is 82.2 Å². The van der Waals surface area contributed by atoms with Crippen molar-refractivity contribution in [1.29, 1.82) is 0 Å². The van der Waals surface area contributed by atoms with E-state index in [4.69, 9.17) is 4.74 Å². The van der Waals surface area contributed by atoms with Crippen LogP contribution in [0.4, 0.5) is 5.69 Å². The Morgan fingerprint density at radius 3 is 2.23 bits per heavy atom. The number of ether oxygens (including phenoxy) is 1. The molecule has 3 rings (SSSR count). The van der Waals surface area contributed by atoms with E-state index in [1.165, 1.54) is 12.1 Å². The second-order valence-electron chi connectivity index (χ2n) is 7.45. The zero-order chi connectivity index (χ0) is 22.6. The Hall–Kier alpha value is -2.64. The van der Waals surface area contributed by atoms with Crippen LogP contribution in [-0.4, -0.2) is 20.9 Å². The molecule has 0 unspecified atom stereocenters. The maximum atomic E-state index is 13.3. The van der Waals surface area contributed by atoms with E-state index in [1.807, 2.05) is 19.1 Å². The molecule has 0 bridgehead atoms. The number of nitrogens with zero attached hydrogens (tertiary/aromatic N) is 1. The smallest absolute Gasteiger partial charge is 0.278 e. The zero-order valence-electron chi connectivity index (χ0n) is 17.6. The summed E-state index contributed by atoms with van der Waals surface area (Å²) in [5.41, 5.74) is 2.30. The van der Waals surface area contributed by atoms with E-state index in [1.54, 1.807) is 48.5 Å². The second kappa shape index (κ2) is 9.66. The third-order valence-electron chi connectivity index (χ3n) is 4.75. The highest BCUT2D eigenvalue weighted by Gasteiger charge is 2.31. The van der Waals surface area contributed by atoms with Crippen LogP contribution in [0.1, 0.15) is 30.9 Å². The predicted octanol–water partition coefficient (Wildman–Crippen LogP) is 5.68. The first-order chi connectivity index (χ1) is 14.7. The van der Waals surface area contributed by atoms with Crippen LogP contribution in [0, 0.1) is 6.92 Å². The molecule has 0 spiro atoms. The Bertz CT molecular complexity index is 1160. The van der Waals surface area contributed by atoms with Crippen LogP contribution in [0.5, 0.6) is 5.75 Å². The van der Waals surface area contributed by atoms with E-state index < -0.39 is 22.5 Å². The maximum Gasteiger partial charge on any atom is 0.278 e. The largest absolute Gasteiger partial charge is 0.483 e. The van der Waals surface area contributed by atoms with Gasteiger partial charge < -0.3 is 4.74 Å². The number of sulfonamides is 1. The van der Waals surface area contributed by atoms with E-state index >= 15 is 0 Å². The summed E-state index contributed by atoms with van der Waals surface area (Å²) < 4.78 is 33.8. The first-order valence-corrected chi connectivity index (χ1v) is 12.1. The van der Waals surface area contributed by atoms with Gasteiger partial charge in [0.05, 0.1) is 15.1 Å². The van der Waals surface area contributed by atoms with Crippen molar-refractivity contribution < 1.29 is 17.9 Å². The highest BCUT2D eigenvalue weighted by atomic mass is 79.9. The van der Waals surface area contributed by atoms with Gasteiger partial charge in [0.1, 0.15) is 5.75 Å². The molecule has 0 fully saturated rings. The number of carbonyl (C=O) groups is 1. The lowest BCUT2D eigenvalue weighted by Gasteiger charge is -2.23. The van der Waals surface area contributed by atoms with E-state index in [2.05, 4.69) is 29.8 Å². The Morgan fingerprint density at radius 2 is 1.65 bits per heavy atom. The van der Waals surface area contributed by atoms with Gasteiger partial charge in [-0.15, -0.1) is 0 Å². The molecule has 0 atom stereocenters. The van der Waals surface area contributed by atoms with Crippen molar-refractivity contribution in [3.8, 4) is 5.75 Å². The summed E-state index contributed by atoms with van der Waals surface area (Å²) in [6, 6.07) is 20.3. The standard InChI is InChI=1S/C24H24BrNO4S/c1-17(2)19-11-14-23(22(25)15-19)30-16-24(27)26(20-7-5-4-6-8-20)31(28,29)21-12-9-18(3)10-13-21/h4-15,17H,16H2,1-3H3. The van der Waals surface area contributed by atoms with E-state index in [-0.39, 0.29) is 10.6 Å². The normalized spacial score (nSPS) is 11.4. The van der Waals surface area contributed by atoms with Gasteiger partial charge in [-0.2, -0.15) is 4.31 Å². The van der Waals surface area contributed by atoms with Crippen LogP contribution >= 0.6 is 15.9 Å². The van der Waals surface area contributed by atoms with E-state index in [0.717, 1.165) is 15.4 Å². The zero-order valence-corrected chi connectivity index (χ0v) is 20.0. The molecule has 0 aliphatic carbocycles. The fourth-order valence-corrected chi connectivity index (χ4v) is 4.91. The van der Waals surface area contributed by atoms with Crippen molar-refractivity contribution in [1.82, 2.24) is 0 Å². The van der Waals surface area contributed by atoms with Gasteiger partial charge in [0, 0.05) is 0 Å². The number of rotatable bonds is 7. The van der Waals surface area contributed by atoms with Gasteiger partial charge >= 0.3 is 0 Å². The monoisotopic (exact) mass is 501 g/mol. The molecule has 0 heterocycles. The molecule has 0 aromatic heterocycles. The molecule has 0 aliphatic heterocycles. The van der Waals surface area contributed by atoms with Crippen molar-refractivity contribution in [2.75, 3.05) is 10.9 Å². The molecule has 162 valence electrons. The fraction of sp³-hybridized carbons (Fsp3) is 0.208. The number of hydrogen-bond donors (Lipinski definition) is 0.